The van der Waals surface area contributed by atoms with E-state index in [1.807, 2.05) is 0 Å². The highest BCUT2D eigenvalue weighted by Gasteiger charge is 2.30. The van der Waals surface area contributed by atoms with E-state index < -0.39 is 36.6 Å². The summed E-state index contributed by atoms with van der Waals surface area (Å²) in [5.74, 6) is 0. The third-order valence-corrected chi connectivity index (χ3v) is 3.05. The van der Waals surface area contributed by atoms with Crippen molar-refractivity contribution < 1.29 is 35.9 Å². The predicted octanol–water partition coefficient (Wildman–Crippen LogP) is 3.81. The highest BCUT2D eigenvalue weighted by atomic mass is 19.4. The van der Waals surface area contributed by atoms with Crippen molar-refractivity contribution >= 4 is 6.03 Å². The SMILES string of the molecule is C[C@H](COCC(F)(F)F)NC(=O)N(C)Cc1ccc(C(F)(F)F)cc1. The van der Waals surface area contributed by atoms with E-state index in [4.69, 9.17) is 0 Å². The van der Waals surface area contributed by atoms with Gasteiger partial charge in [-0.2, -0.15) is 26.3 Å². The molecule has 0 heterocycles. The number of halogens is 6. The Kier molecular flexibility index (Phi) is 7.09. The van der Waals surface area contributed by atoms with Gasteiger partial charge in [-0.25, -0.2) is 4.79 Å². The molecule has 1 aromatic carbocycles. The lowest BCUT2D eigenvalue weighted by atomic mass is 10.1. The van der Waals surface area contributed by atoms with Gasteiger partial charge in [0.05, 0.1) is 18.2 Å². The molecular formula is C15H18F6N2O2. The molecule has 4 nitrogen and oxygen atoms in total. The van der Waals surface area contributed by atoms with Gasteiger partial charge in [-0.3, -0.25) is 0 Å². The van der Waals surface area contributed by atoms with E-state index in [0.29, 0.717) is 5.56 Å². The fraction of sp³-hybridized carbons (Fsp3) is 0.533. The second-order valence-corrected chi connectivity index (χ2v) is 5.53. The minimum atomic E-state index is -4.44. The van der Waals surface area contributed by atoms with E-state index in [1.54, 1.807) is 0 Å². The van der Waals surface area contributed by atoms with E-state index in [0.717, 1.165) is 12.1 Å². The standard InChI is InChI=1S/C15H18F6N2O2/c1-10(8-25-9-14(16,17)18)22-13(24)23(2)7-11-3-5-12(6-4-11)15(19,20)21/h3-6,10H,7-9H2,1-2H3,(H,22,24)/t10-/m1/s1. The molecule has 0 aromatic heterocycles. The average Bonchev–Trinajstić information content (AvgIpc) is 2.45. The highest BCUT2D eigenvalue weighted by Crippen LogP contribution is 2.29. The number of hydrogen-bond acceptors (Lipinski definition) is 2. The van der Waals surface area contributed by atoms with Gasteiger partial charge in [-0.1, -0.05) is 12.1 Å². The second-order valence-electron chi connectivity index (χ2n) is 5.53. The third-order valence-electron chi connectivity index (χ3n) is 3.05. The van der Waals surface area contributed by atoms with Crippen LogP contribution >= 0.6 is 0 Å². The van der Waals surface area contributed by atoms with Crippen LogP contribution in [0.5, 0.6) is 0 Å². The summed E-state index contributed by atoms with van der Waals surface area (Å²) in [5, 5.41) is 2.44. The van der Waals surface area contributed by atoms with E-state index in [2.05, 4.69) is 10.1 Å². The largest absolute Gasteiger partial charge is 0.416 e. The van der Waals surface area contributed by atoms with Crippen molar-refractivity contribution in [3.63, 3.8) is 0 Å². The molecule has 1 atom stereocenters. The topological polar surface area (TPSA) is 41.6 Å². The Morgan fingerprint density at radius 3 is 2.20 bits per heavy atom. The van der Waals surface area contributed by atoms with E-state index >= 15 is 0 Å². The molecule has 1 N–H and O–H groups in total. The van der Waals surface area contributed by atoms with Crippen molar-refractivity contribution in [3.05, 3.63) is 35.4 Å². The minimum Gasteiger partial charge on any atom is -0.370 e. The molecular weight excluding hydrogens is 354 g/mol. The van der Waals surface area contributed by atoms with Crippen molar-refractivity contribution in [1.29, 1.82) is 0 Å². The summed E-state index contributed by atoms with van der Waals surface area (Å²) in [6, 6.07) is 3.09. The predicted molar refractivity (Wildman–Crippen MR) is 77.8 cm³/mol. The number of ether oxygens (including phenoxy) is 1. The maximum Gasteiger partial charge on any atom is 0.416 e. The van der Waals surface area contributed by atoms with E-state index in [1.165, 1.54) is 31.0 Å². The van der Waals surface area contributed by atoms with Crippen LogP contribution in [0.1, 0.15) is 18.1 Å². The molecule has 0 spiro atoms. The molecule has 25 heavy (non-hydrogen) atoms. The van der Waals surface area contributed by atoms with Gasteiger partial charge in [0.25, 0.3) is 0 Å². The van der Waals surface area contributed by atoms with Crippen molar-refractivity contribution in [2.24, 2.45) is 0 Å². The van der Waals surface area contributed by atoms with Gasteiger partial charge >= 0.3 is 18.4 Å². The van der Waals surface area contributed by atoms with E-state index in [9.17, 15) is 31.1 Å². The number of urea groups is 1. The van der Waals surface area contributed by atoms with Gasteiger partial charge in [0.2, 0.25) is 0 Å². The molecule has 142 valence electrons. The molecule has 0 bridgehead atoms. The van der Waals surface area contributed by atoms with Crippen LogP contribution < -0.4 is 5.32 Å². The van der Waals surface area contributed by atoms with Crippen LogP contribution in [0.4, 0.5) is 31.1 Å². The van der Waals surface area contributed by atoms with Crippen molar-refractivity contribution in [3.8, 4) is 0 Å². The first-order valence-electron chi connectivity index (χ1n) is 7.21. The van der Waals surface area contributed by atoms with Gasteiger partial charge in [0.15, 0.2) is 0 Å². The lowest BCUT2D eigenvalue weighted by Crippen LogP contribution is -2.43. The molecule has 0 saturated carbocycles. The number of carbonyl (C=O) groups excluding carboxylic acids is 1. The average molecular weight is 372 g/mol. The van der Waals surface area contributed by atoms with Crippen molar-refractivity contribution in [2.45, 2.75) is 31.9 Å². The molecule has 2 amide bonds. The Morgan fingerprint density at radius 2 is 1.72 bits per heavy atom. The number of nitrogens with one attached hydrogen (secondary N) is 1. The minimum absolute atomic E-state index is 0.0418. The molecule has 0 saturated heterocycles. The first kappa shape index (κ1) is 21.1. The molecule has 0 aliphatic carbocycles. The molecule has 0 aliphatic rings. The second kappa shape index (κ2) is 8.41. The van der Waals surface area contributed by atoms with Crippen LogP contribution in [-0.2, 0) is 17.5 Å². The fourth-order valence-electron chi connectivity index (χ4n) is 1.86. The van der Waals surface area contributed by atoms with Gasteiger partial charge < -0.3 is 15.0 Å². The first-order chi connectivity index (χ1) is 11.4. The van der Waals surface area contributed by atoms with Crippen LogP contribution in [0, 0.1) is 0 Å². The Hall–Kier alpha value is -1.97. The number of rotatable bonds is 6. The summed E-state index contributed by atoms with van der Waals surface area (Å²) in [4.78, 5) is 13.1. The number of benzene rings is 1. The summed E-state index contributed by atoms with van der Waals surface area (Å²) in [5.41, 5.74) is -0.314. The Bertz CT molecular complexity index is 557. The maximum atomic E-state index is 12.5. The molecule has 0 unspecified atom stereocenters. The highest BCUT2D eigenvalue weighted by molar-refractivity contribution is 5.74. The van der Waals surface area contributed by atoms with Gasteiger partial charge in [0.1, 0.15) is 6.61 Å². The Labute approximate surface area is 140 Å². The van der Waals surface area contributed by atoms with Crippen LogP contribution in [0.2, 0.25) is 0 Å². The summed E-state index contributed by atoms with van der Waals surface area (Å²) in [6.07, 6.45) is -8.88. The lowest BCUT2D eigenvalue weighted by Gasteiger charge is -2.22. The third kappa shape index (κ3) is 8.10. The molecule has 1 rings (SSSR count). The Morgan fingerprint density at radius 1 is 1.16 bits per heavy atom. The number of nitrogens with zero attached hydrogens (tertiary/aromatic N) is 1. The van der Waals surface area contributed by atoms with E-state index in [-0.39, 0.29) is 13.2 Å². The molecule has 0 aliphatic heterocycles. The quantitative estimate of drug-likeness (QED) is 0.772. The fourth-order valence-corrected chi connectivity index (χ4v) is 1.86. The molecule has 0 fully saturated rings. The smallest absolute Gasteiger partial charge is 0.370 e. The van der Waals surface area contributed by atoms with Gasteiger partial charge in [-0.05, 0) is 24.6 Å². The first-order valence-corrected chi connectivity index (χ1v) is 7.21. The zero-order valence-corrected chi connectivity index (χ0v) is 13.5. The van der Waals surface area contributed by atoms with Crippen LogP contribution in [-0.4, -0.2) is 43.4 Å². The summed E-state index contributed by atoms with van der Waals surface area (Å²) in [7, 11) is 1.41. The summed E-state index contributed by atoms with van der Waals surface area (Å²) in [6.45, 7) is -0.214. The lowest BCUT2D eigenvalue weighted by molar-refractivity contribution is -0.174. The van der Waals surface area contributed by atoms with Gasteiger partial charge in [0, 0.05) is 13.6 Å². The molecule has 10 heteroatoms. The molecule has 0 radical (unpaired) electrons. The van der Waals surface area contributed by atoms with Crippen molar-refractivity contribution in [1.82, 2.24) is 10.2 Å². The maximum absolute atomic E-state index is 12.5. The summed E-state index contributed by atoms with van der Waals surface area (Å²) < 4.78 is 77.7. The molecule has 1 aromatic rings. The number of carbonyl (C=O) groups is 1. The Balaban J connectivity index is 2.46. The zero-order valence-electron chi connectivity index (χ0n) is 13.5. The number of alkyl halides is 6. The monoisotopic (exact) mass is 372 g/mol. The van der Waals surface area contributed by atoms with Gasteiger partial charge in [-0.15, -0.1) is 0 Å². The van der Waals surface area contributed by atoms with Crippen LogP contribution in [0.15, 0.2) is 24.3 Å². The summed E-state index contributed by atoms with van der Waals surface area (Å²) >= 11 is 0. The number of hydrogen-bond donors (Lipinski definition) is 1. The normalized spacial score (nSPS) is 13.4. The van der Waals surface area contributed by atoms with Crippen molar-refractivity contribution in [2.75, 3.05) is 20.3 Å². The zero-order chi connectivity index (χ0) is 19.3. The number of amides is 2. The van der Waals surface area contributed by atoms with Crippen LogP contribution in [0.25, 0.3) is 0 Å². The van der Waals surface area contributed by atoms with Crippen LogP contribution in [0.3, 0.4) is 0 Å².